The van der Waals surface area contributed by atoms with E-state index >= 15 is 0 Å². The summed E-state index contributed by atoms with van der Waals surface area (Å²) in [4.78, 5) is 9.12. The van der Waals surface area contributed by atoms with E-state index in [2.05, 4.69) is 77.3 Å². The van der Waals surface area contributed by atoms with Crippen LogP contribution in [0.1, 0.15) is 24.0 Å². The number of aromatic amines is 1. The minimum absolute atomic E-state index is 0.297. The Morgan fingerprint density at radius 2 is 1.87 bits per heavy atom. The molecule has 1 aliphatic rings. The van der Waals surface area contributed by atoms with Crippen LogP contribution >= 0.6 is 27.5 Å². The van der Waals surface area contributed by atoms with E-state index in [4.69, 9.17) is 17.3 Å². The number of halogens is 2. The van der Waals surface area contributed by atoms with Crippen molar-refractivity contribution in [2.45, 2.75) is 31.8 Å². The van der Waals surface area contributed by atoms with Crippen LogP contribution in [-0.4, -0.2) is 45.8 Å². The Kier molecular flexibility index (Phi) is 6.92. The maximum Gasteiger partial charge on any atom is 0.241 e. The van der Waals surface area contributed by atoms with Crippen LogP contribution in [0.25, 0.3) is 0 Å². The summed E-state index contributed by atoms with van der Waals surface area (Å²) >= 11 is 9.76. The highest BCUT2D eigenvalue weighted by molar-refractivity contribution is 9.10. The molecule has 0 radical (unpaired) electrons. The van der Waals surface area contributed by atoms with Gasteiger partial charge in [0.05, 0.1) is 0 Å². The number of H-pyrrole nitrogens is 1. The van der Waals surface area contributed by atoms with E-state index < -0.39 is 0 Å². The molecule has 2 aromatic carbocycles. The van der Waals surface area contributed by atoms with Crippen molar-refractivity contribution in [3.05, 3.63) is 69.2 Å². The summed E-state index contributed by atoms with van der Waals surface area (Å²) < 4.78 is 1.16. The zero-order valence-electron chi connectivity index (χ0n) is 16.8. The quantitative estimate of drug-likeness (QED) is 0.510. The van der Waals surface area contributed by atoms with E-state index in [1.54, 1.807) is 0 Å². The number of nitrogens with two attached hydrogens (primary N) is 1. The average molecular weight is 490 g/mol. The molecule has 1 aliphatic heterocycles. The van der Waals surface area contributed by atoms with E-state index in [-0.39, 0.29) is 0 Å². The molecule has 158 valence electrons. The van der Waals surface area contributed by atoms with Crippen LogP contribution in [0.15, 0.2) is 53.0 Å². The van der Waals surface area contributed by atoms with Gasteiger partial charge in [0.2, 0.25) is 11.9 Å². The topological polar surface area (TPSA) is 74.1 Å². The lowest BCUT2D eigenvalue weighted by molar-refractivity contribution is 0.161. The molecule has 0 aliphatic carbocycles. The first-order valence-electron chi connectivity index (χ1n) is 10.2. The van der Waals surface area contributed by atoms with Crippen LogP contribution in [0.2, 0.25) is 5.02 Å². The molecule has 8 heteroatoms. The molecule has 0 unspecified atom stereocenters. The van der Waals surface area contributed by atoms with Crippen molar-refractivity contribution in [2.24, 2.45) is 0 Å². The van der Waals surface area contributed by atoms with Crippen LogP contribution in [0.4, 0.5) is 11.9 Å². The molecular formula is C22H26BrClN6. The number of anilines is 2. The lowest BCUT2D eigenvalue weighted by atomic mass is 10.0. The van der Waals surface area contributed by atoms with Gasteiger partial charge in [-0.15, -0.1) is 5.10 Å². The van der Waals surface area contributed by atoms with Gasteiger partial charge >= 0.3 is 0 Å². The molecule has 1 aromatic heterocycles. The van der Waals surface area contributed by atoms with Gasteiger partial charge in [-0.1, -0.05) is 57.9 Å². The fraction of sp³-hybridized carbons (Fsp3) is 0.364. The van der Waals surface area contributed by atoms with Crippen molar-refractivity contribution in [1.29, 1.82) is 0 Å². The largest absolute Gasteiger partial charge is 0.366 e. The first kappa shape index (κ1) is 21.2. The van der Waals surface area contributed by atoms with Crippen molar-refractivity contribution < 1.29 is 0 Å². The summed E-state index contributed by atoms with van der Waals surface area (Å²) in [6.45, 7) is 3.80. The van der Waals surface area contributed by atoms with Gasteiger partial charge in [0.1, 0.15) is 0 Å². The minimum atomic E-state index is 0.297. The van der Waals surface area contributed by atoms with Crippen LogP contribution in [0, 0.1) is 0 Å². The van der Waals surface area contributed by atoms with Gasteiger partial charge in [0.25, 0.3) is 0 Å². The maximum absolute atomic E-state index is 6.05. The molecule has 4 rings (SSSR count). The Hall–Kier alpha value is -2.09. The Morgan fingerprint density at radius 1 is 1.13 bits per heavy atom. The van der Waals surface area contributed by atoms with Crippen molar-refractivity contribution in [1.82, 2.24) is 20.1 Å². The zero-order chi connectivity index (χ0) is 20.9. The zero-order valence-corrected chi connectivity index (χ0v) is 19.1. The molecule has 0 saturated carbocycles. The van der Waals surface area contributed by atoms with E-state index in [0.29, 0.717) is 12.0 Å². The molecule has 0 bridgehead atoms. The second-order valence-electron chi connectivity index (χ2n) is 7.67. The van der Waals surface area contributed by atoms with Gasteiger partial charge in [-0.2, -0.15) is 4.98 Å². The smallest absolute Gasteiger partial charge is 0.241 e. The highest BCUT2D eigenvalue weighted by Crippen LogP contribution is 2.25. The average Bonchev–Trinajstić information content (AvgIpc) is 3.20. The summed E-state index contributed by atoms with van der Waals surface area (Å²) in [6, 6.07) is 17.2. The number of benzene rings is 2. The number of nitrogens with zero attached hydrogens (tertiary/aromatic N) is 4. The number of aromatic nitrogens is 3. The number of rotatable bonds is 7. The molecule has 3 aromatic rings. The number of piperidine rings is 1. The fourth-order valence-electron chi connectivity index (χ4n) is 4.01. The summed E-state index contributed by atoms with van der Waals surface area (Å²) in [5.74, 6) is 1.06. The van der Waals surface area contributed by atoms with Gasteiger partial charge in [0.15, 0.2) is 0 Å². The van der Waals surface area contributed by atoms with Crippen LogP contribution in [0.3, 0.4) is 0 Å². The Labute approximate surface area is 190 Å². The number of hydrogen-bond donors (Lipinski definition) is 2. The van der Waals surface area contributed by atoms with Gasteiger partial charge in [-0.3, -0.25) is 4.90 Å². The second kappa shape index (κ2) is 9.81. The highest BCUT2D eigenvalue weighted by Gasteiger charge is 2.26. The Morgan fingerprint density at radius 3 is 2.53 bits per heavy atom. The molecule has 1 saturated heterocycles. The van der Waals surface area contributed by atoms with Gasteiger partial charge < -0.3 is 10.6 Å². The molecule has 0 amide bonds. The predicted octanol–water partition coefficient (Wildman–Crippen LogP) is 4.52. The Balaban J connectivity index is 1.44. The van der Waals surface area contributed by atoms with E-state index in [9.17, 15) is 0 Å². The minimum Gasteiger partial charge on any atom is -0.366 e. The highest BCUT2D eigenvalue weighted by atomic mass is 79.9. The van der Waals surface area contributed by atoms with Gasteiger partial charge in [0, 0.05) is 41.7 Å². The molecule has 2 heterocycles. The van der Waals surface area contributed by atoms with Crippen LogP contribution in [-0.2, 0) is 13.0 Å². The van der Waals surface area contributed by atoms with E-state index in [0.717, 1.165) is 60.9 Å². The molecule has 6 nitrogen and oxygen atoms in total. The predicted molar refractivity (Wildman–Crippen MR) is 126 cm³/mol. The Bertz CT molecular complexity index is 952. The maximum atomic E-state index is 6.05. The van der Waals surface area contributed by atoms with Crippen molar-refractivity contribution in [3.8, 4) is 0 Å². The number of hydrogen-bond acceptors (Lipinski definition) is 5. The van der Waals surface area contributed by atoms with Gasteiger partial charge in [-0.25, -0.2) is 5.10 Å². The number of nitrogen functional groups attached to an aromatic ring is 1. The first-order chi connectivity index (χ1) is 14.6. The summed E-state index contributed by atoms with van der Waals surface area (Å²) in [5.41, 5.74) is 8.29. The summed E-state index contributed by atoms with van der Waals surface area (Å²) in [6.07, 6.45) is 3.15. The third-order valence-corrected chi connectivity index (χ3v) is 6.73. The number of nitrogens with one attached hydrogen (secondary N) is 1. The third kappa shape index (κ3) is 5.33. The fourth-order valence-corrected chi connectivity index (χ4v) is 4.55. The molecule has 0 atom stereocenters. The normalized spacial score (nSPS) is 15.1. The lowest BCUT2D eigenvalue weighted by Gasteiger charge is -2.38. The van der Waals surface area contributed by atoms with Crippen molar-refractivity contribution in [2.75, 3.05) is 30.3 Å². The summed E-state index contributed by atoms with van der Waals surface area (Å²) in [7, 11) is 0. The third-order valence-electron chi connectivity index (χ3n) is 5.70. The van der Waals surface area contributed by atoms with E-state index in [1.807, 2.05) is 12.1 Å². The SMILES string of the molecule is Nc1n[nH]c(N2CCC(N(CCc3ccc(Cl)cc3)Cc3ccccc3Br)CC2)n1. The van der Waals surface area contributed by atoms with Crippen LogP contribution < -0.4 is 10.6 Å². The standard InChI is InChI=1S/C22H26BrClN6/c23-20-4-2-1-3-17(20)15-30(12-9-16-5-7-18(24)8-6-16)19-10-13-29(14-11-19)22-26-21(25)27-28-22/h1-8,19H,9-15H2,(H3,25,26,27,28). The first-order valence-corrected chi connectivity index (χ1v) is 11.4. The van der Waals surface area contributed by atoms with Crippen molar-refractivity contribution in [3.63, 3.8) is 0 Å². The summed E-state index contributed by atoms with van der Waals surface area (Å²) in [5, 5.41) is 7.66. The molecule has 30 heavy (non-hydrogen) atoms. The molecule has 1 fully saturated rings. The molecular weight excluding hydrogens is 464 g/mol. The lowest BCUT2D eigenvalue weighted by Crippen LogP contribution is -2.45. The second-order valence-corrected chi connectivity index (χ2v) is 8.96. The molecule has 0 spiro atoms. The monoisotopic (exact) mass is 488 g/mol. The van der Waals surface area contributed by atoms with Gasteiger partial charge in [-0.05, 0) is 48.6 Å². The van der Waals surface area contributed by atoms with E-state index in [1.165, 1.54) is 11.1 Å². The molecule has 3 N–H and O–H groups in total. The van der Waals surface area contributed by atoms with Crippen molar-refractivity contribution >= 4 is 39.4 Å². The van der Waals surface area contributed by atoms with Crippen LogP contribution in [0.5, 0.6) is 0 Å².